The van der Waals surface area contributed by atoms with Crippen molar-refractivity contribution >= 4 is 40.6 Å². The number of rotatable bonds is 5. The Kier molecular flexibility index (Phi) is 5.56. The Morgan fingerprint density at radius 1 is 1.08 bits per heavy atom. The summed E-state index contributed by atoms with van der Waals surface area (Å²) >= 11 is 6.79. The number of thioether (sulfide) groups is 1. The van der Waals surface area contributed by atoms with E-state index in [1.54, 1.807) is 6.07 Å². The van der Waals surface area contributed by atoms with E-state index >= 15 is 0 Å². The van der Waals surface area contributed by atoms with Gasteiger partial charge in [0.2, 0.25) is 0 Å². The molecule has 1 saturated heterocycles. The van der Waals surface area contributed by atoms with Gasteiger partial charge in [0.05, 0.1) is 9.93 Å². The van der Waals surface area contributed by atoms with Crippen LogP contribution in [-0.4, -0.2) is 22.6 Å². The molecule has 25 heavy (non-hydrogen) atoms. The molecule has 2 aromatic carbocycles. The van der Waals surface area contributed by atoms with Crippen LogP contribution >= 0.6 is 23.4 Å². The molecule has 0 aromatic heterocycles. The molecule has 0 radical (unpaired) electrons. The van der Waals surface area contributed by atoms with E-state index in [1.807, 2.05) is 30.3 Å². The molecule has 1 heterocycles. The minimum atomic E-state index is -0.525. The van der Waals surface area contributed by atoms with Crippen molar-refractivity contribution in [3.8, 4) is 0 Å². The zero-order valence-corrected chi connectivity index (χ0v) is 14.8. The third-order valence-electron chi connectivity index (χ3n) is 3.84. The maximum atomic E-state index is 13.9. The molecule has 0 N–H and O–H groups in total. The van der Waals surface area contributed by atoms with E-state index in [2.05, 4.69) is 0 Å². The first-order chi connectivity index (χ1) is 12.1. The van der Waals surface area contributed by atoms with Gasteiger partial charge in [-0.3, -0.25) is 14.5 Å². The van der Waals surface area contributed by atoms with Crippen molar-refractivity contribution in [3.05, 3.63) is 75.4 Å². The fourth-order valence-electron chi connectivity index (χ4n) is 2.56. The maximum Gasteiger partial charge on any atom is 0.293 e. The van der Waals surface area contributed by atoms with Gasteiger partial charge >= 0.3 is 0 Å². The number of carbonyl (C=O) groups is 2. The van der Waals surface area contributed by atoms with Crippen molar-refractivity contribution in [1.82, 2.24) is 4.90 Å². The van der Waals surface area contributed by atoms with Crippen LogP contribution in [0.4, 0.5) is 9.18 Å². The number of hydrogen-bond donors (Lipinski definition) is 0. The van der Waals surface area contributed by atoms with Crippen LogP contribution in [0.15, 0.2) is 53.4 Å². The van der Waals surface area contributed by atoms with Crippen LogP contribution in [0.3, 0.4) is 0 Å². The van der Waals surface area contributed by atoms with E-state index in [4.69, 9.17) is 11.6 Å². The molecular weight excluding hydrogens is 361 g/mol. The predicted octanol–water partition coefficient (Wildman–Crippen LogP) is 5.15. The van der Waals surface area contributed by atoms with Crippen LogP contribution in [-0.2, 0) is 11.2 Å². The highest BCUT2D eigenvalue weighted by atomic mass is 35.5. The molecule has 128 valence electrons. The Morgan fingerprint density at radius 3 is 2.56 bits per heavy atom. The lowest BCUT2D eigenvalue weighted by Gasteiger charge is -2.12. The second kappa shape index (κ2) is 7.85. The summed E-state index contributed by atoms with van der Waals surface area (Å²) in [5.74, 6) is -0.925. The Balaban J connectivity index is 1.69. The number of benzene rings is 2. The Bertz CT molecular complexity index is 818. The van der Waals surface area contributed by atoms with E-state index in [-0.39, 0.29) is 20.7 Å². The minimum Gasteiger partial charge on any atom is -0.268 e. The lowest BCUT2D eigenvalue weighted by molar-refractivity contribution is -0.122. The first-order valence-electron chi connectivity index (χ1n) is 7.79. The zero-order valence-electron chi connectivity index (χ0n) is 13.2. The molecule has 1 fully saturated rings. The summed E-state index contributed by atoms with van der Waals surface area (Å²) in [6.45, 7) is 0.335. The summed E-state index contributed by atoms with van der Waals surface area (Å²) < 4.78 is 13.9. The third kappa shape index (κ3) is 4.11. The number of halogens is 2. The second-order valence-electron chi connectivity index (χ2n) is 5.56. The van der Waals surface area contributed by atoms with Crippen molar-refractivity contribution in [2.24, 2.45) is 0 Å². The molecule has 6 heteroatoms. The maximum absolute atomic E-state index is 13.9. The standard InChI is InChI=1S/C19H15ClFNO2S/c20-15-9-4-10-16(21)14(15)12-17-18(23)22(19(24)25-17)11-5-8-13-6-2-1-3-7-13/h1-4,6-7,9-10,12H,5,8,11H2/b17-12+. The Labute approximate surface area is 154 Å². The van der Waals surface area contributed by atoms with Gasteiger partial charge in [-0.1, -0.05) is 48.0 Å². The van der Waals surface area contributed by atoms with Gasteiger partial charge in [-0.25, -0.2) is 4.39 Å². The van der Waals surface area contributed by atoms with E-state index in [1.165, 1.54) is 23.1 Å². The molecule has 0 aliphatic carbocycles. The number of carbonyl (C=O) groups excluding carboxylic acids is 2. The quantitative estimate of drug-likeness (QED) is 0.678. The van der Waals surface area contributed by atoms with Crippen LogP contribution < -0.4 is 0 Å². The fraction of sp³-hybridized carbons (Fsp3) is 0.158. The second-order valence-corrected chi connectivity index (χ2v) is 6.96. The van der Waals surface area contributed by atoms with Crippen molar-refractivity contribution in [2.75, 3.05) is 6.54 Å². The van der Waals surface area contributed by atoms with E-state index in [0.717, 1.165) is 23.7 Å². The average Bonchev–Trinajstić information content (AvgIpc) is 2.86. The number of aryl methyl sites for hydroxylation is 1. The van der Waals surface area contributed by atoms with Crippen LogP contribution in [0.25, 0.3) is 6.08 Å². The molecule has 2 aromatic rings. The van der Waals surface area contributed by atoms with Gasteiger partial charge in [-0.15, -0.1) is 0 Å². The van der Waals surface area contributed by atoms with Crippen molar-refractivity contribution < 1.29 is 14.0 Å². The molecule has 1 aliphatic rings. The predicted molar refractivity (Wildman–Crippen MR) is 98.9 cm³/mol. The van der Waals surface area contributed by atoms with Gasteiger partial charge in [-0.05, 0) is 48.4 Å². The first kappa shape index (κ1) is 17.7. The van der Waals surface area contributed by atoms with Gasteiger partial charge < -0.3 is 0 Å². The molecular formula is C19H15ClFNO2S. The van der Waals surface area contributed by atoms with Crippen molar-refractivity contribution in [1.29, 1.82) is 0 Å². The highest BCUT2D eigenvalue weighted by Crippen LogP contribution is 2.34. The van der Waals surface area contributed by atoms with Crippen molar-refractivity contribution in [2.45, 2.75) is 12.8 Å². The first-order valence-corrected chi connectivity index (χ1v) is 8.99. The van der Waals surface area contributed by atoms with E-state index in [0.29, 0.717) is 13.0 Å². The minimum absolute atomic E-state index is 0.124. The lowest BCUT2D eigenvalue weighted by Crippen LogP contribution is -2.29. The monoisotopic (exact) mass is 375 g/mol. The Hall–Kier alpha value is -2.11. The van der Waals surface area contributed by atoms with Gasteiger partial charge in [0.15, 0.2) is 0 Å². The summed E-state index contributed by atoms with van der Waals surface area (Å²) in [5.41, 5.74) is 1.28. The van der Waals surface area contributed by atoms with Crippen LogP contribution in [0, 0.1) is 5.82 Å². The Morgan fingerprint density at radius 2 is 1.84 bits per heavy atom. The average molecular weight is 376 g/mol. The summed E-state index contributed by atoms with van der Waals surface area (Å²) in [4.78, 5) is 25.9. The molecule has 0 unspecified atom stereocenters. The lowest BCUT2D eigenvalue weighted by atomic mass is 10.1. The summed E-state index contributed by atoms with van der Waals surface area (Å²) in [5, 5.41) is -0.132. The highest BCUT2D eigenvalue weighted by molar-refractivity contribution is 8.18. The molecule has 2 amide bonds. The van der Waals surface area contributed by atoms with Gasteiger partial charge in [0, 0.05) is 12.1 Å². The number of nitrogens with zero attached hydrogens (tertiary/aromatic N) is 1. The fourth-order valence-corrected chi connectivity index (χ4v) is 3.62. The van der Waals surface area contributed by atoms with Crippen LogP contribution in [0.5, 0.6) is 0 Å². The normalized spacial score (nSPS) is 16.1. The summed E-state index contributed by atoms with van der Waals surface area (Å²) in [6, 6.07) is 14.2. The molecule has 0 atom stereocenters. The largest absolute Gasteiger partial charge is 0.293 e. The van der Waals surface area contributed by atoms with Gasteiger partial charge in [0.25, 0.3) is 11.1 Å². The van der Waals surface area contributed by atoms with Gasteiger partial charge in [-0.2, -0.15) is 0 Å². The topological polar surface area (TPSA) is 37.4 Å². The van der Waals surface area contributed by atoms with Gasteiger partial charge in [0.1, 0.15) is 5.82 Å². The van der Waals surface area contributed by atoms with Crippen molar-refractivity contribution in [3.63, 3.8) is 0 Å². The molecule has 1 aliphatic heterocycles. The highest BCUT2D eigenvalue weighted by Gasteiger charge is 2.34. The molecule has 3 nitrogen and oxygen atoms in total. The number of hydrogen-bond acceptors (Lipinski definition) is 3. The van der Waals surface area contributed by atoms with E-state index < -0.39 is 11.7 Å². The summed E-state index contributed by atoms with van der Waals surface area (Å²) in [7, 11) is 0. The smallest absolute Gasteiger partial charge is 0.268 e. The third-order valence-corrected chi connectivity index (χ3v) is 5.08. The van der Waals surface area contributed by atoms with E-state index in [9.17, 15) is 14.0 Å². The van der Waals surface area contributed by atoms with Crippen LogP contribution in [0.2, 0.25) is 5.02 Å². The molecule has 3 rings (SSSR count). The number of amides is 2. The van der Waals surface area contributed by atoms with Crippen LogP contribution in [0.1, 0.15) is 17.5 Å². The number of imide groups is 1. The summed E-state index contributed by atoms with van der Waals surface area (Å²) in [6.07, 6.45) is 2.80. The zero-order chi connectivity index (χ0) is 17.8. The molecule has 0 spiro atoms. The SMILES string of the molecule is O=C1S/C(=C/c2c(F)cccc2Cl)C(=O)N1CCCc1ccccc1. The molecule has 0 bridgehead atoms. The molecule has 0 saturated carbocycles.